The second-order valence-corrected chi connectivity index (χ2v) is 9.31. The van der Waals surface area contributed by atoms with E-state index in [1.165, 1.54) is 17.3 Å². The van der Waals surface area contributed by atoms with E-state index in [1.54, 1.807) is 6.92 Å². The van der Waals surface area contributed by atoms with Gasteiger partial charge in [0.1, 0.15) is 6.04 Å². The van der Waals surface area contributed by atoms with Crippen LogP contribution in [0.15, 0.2) is 58.7 Å². The molecule has 1 heterocycles. The molecule has 2 aromatic carbocycles. The summed E-state index contributed by atoms with van der Waals surface area (Å²) in [5.41, 5.74) is 6.16. The number of amides is 1. The number of thioether (sulfide) groups is 1. The number of benzene rings is 2. The van der Waals surface area contributed by atoms with Crippen molar-refractivity contribution >= 4 is 40.2 Å². The molecule has 0 radical (unpaired) electrons. The van der Waals surface area contributed by atoms with E-state index < -0.39 is 12.0 Å². The summed E-state index contributed by atoms with van der Waals surface area (Å²) in [6.45, 7) is 7.95. The first kappa shape index (κ1) is 25.4. The molecule has 0 aliphatic carbocycles. The summed E-state index contributed by atoms with van der Waals surface area (Å²) in [4.78, 5) is 32.1. The van der Waals surface area contributed by atoms with Crippen LogP contribution < -0.4 is 15.5 Å². The molecule has 0 saturated carbocycles. The van der Waals surface area contributed by atoms with Gasteiger partial charge in [-0.05, 0) is 68.7 Å². The number of hydrogen-bond donors (Lipinski definition) is 2. The Morgan fingerprint density at radius 1 is 1.09 bits per heavy atom. The van der Waals surface area contributed by atoms with Gasteiger partial charge < -0.3 is 20.3 Å². The van der Waals surface area contributed by atoms with Crippen molar-refractivity contribution in [1.29, 1.82) is 0 Å². The van der Waals surface area contributed by atoms with Gasteiger partial charge in [-0.1, -0.05) is 30.0 Å². The summed E-state index contributed by atoms with van der Waals surface area (Å²) in [5, 5.41) is 6.69. The molecule has 0 saturated heterocycles. The molecule has 0 fully saturated rings. The third-order valence-corrected chi connectivity index (χ3v) is 6.46. The number of rotatable bonds is 7. The predicted molar refractivity (Wildman–Crippen MR) is 140 cm³/mol. The van der Waals surface area contributed by atoms with E-state index in [0.29, 0.717) is 16.4 Å². The number of nitrogens with one attached hydrogen (secondary N) is 2. The number of ether oxygens (including phenoxy) is 1. The van der Waals surface area contributed by atoms with Crippen LogP contribution in [-0.2, 0) is 14.3 Å². The first-order valence-corrected chi connectivity index (χ1v) is 12.2. The Morgan fingerprint density at radius 3 is 2.41 bits per heavy atom. The Labute approximate surface area is 205 Å². The van der Waals surface area contributed by atoms with Crippen molar-refractivity contribution in [2.24, 2.45) is 4.99 Å². The monoisotopic (exact) mass is 480 g/mol. The summed E-state index contributed by atoms with van der Waals surface area (Å²) in [7, 11) is 3.95. The van der Waals surface area contributed by atoms with Crippen molar-refractivity contribution in [2.75, 3.05) is 36.7 Å². The van der Waals surface area contributed by atoms with E-state index in [2.05, 4.69) is 10.6 Å². The number of allylic oxidation sites excluding steroid dienone is 1. The van der Waals surface area contributed by atoms with Crippen molar-refractivity contribution in [2.45, 2.75) is 33.7 Å². The van der Waals surface area contributed by atoms with Gasteiger partial charge >= 0.3 is 5.97 Å². The maximum Gasteiger partial charge on any atom is 0.338 e. The lowest BCUT2D eigenvalue weighted by atomic mass is 9.96. The van der Waals surface area contributed by atoms with Gasteiger partial charge in [-0.2, -0.15) is 0 Å². The first-order valence-electron chi connectivity index (χ1n) is 11.2. The lowest BCUT2D eigenvalue weighted by Crippen LogP contribution is -2.31. The number of carbonyl (C=O) groups excluding carboxylic acids is 2. The lowest BCUT2D eigenvalue weighted by molar-refractivity contribution is -0.139. The minimum atomic E-state index is -0.512. The second kappa shape index (κ2) is 11.2. The van der Waals surface area contributed by atoms with Gasteiger partial charge in [0.25, 0.3) is 0 Å². The van der Waals surface area contributed by atoms with Crippen LogP contribution in [0.4, 0.5) is 11.4 Å². The molecule has 34 heavy (non-hydrogen) atoms. The minimum absolute atomic E-state index is 0.123. The molecule has 0 spiro atoms. The number of aliphatic imine (C=N–C) groups is 1. The SMILES string of the molecule is CCOC(=O)C1=C(C)NC(SCC(=O)Nc2ccc(C)c(C)c2)=N[C@H]1c1ccc(N(C)C)cc1. The van der Waals surface area contributed by atoms with E-state index in [9.17, 15) is 9.59 Å². The zero-order chi connectivity index (χ0) is 24.8. The van der Waals surface area contributed by atoms with Gasteiger partial charge in [-0.3, -0.25) is 4.79 Å². The Hall–Kier alpha value is -3.26. The van der Waals surface area contributed by atoms with Gasteiger partial charge in [0.05, 0.1) is 17.9 Å². The number of amidine groups is 1. The van der Waals surface area contributed by atoms with Crippen LogP contribution in [0, 0.1) is 13.8 Å². The zero-order valence-corrected chi connectivity index (χ0v) is 21.4. The van der Waals surface area contributed by atoms with Crippen molar-refractivity contribution in [3.8, 4) is 0 Å². The summed E-state index contributed by atoms with van der Waals surface area (Å²) >= 11 is 1.30. The number of hydrogen-bond acceptors (Lipinski definition) is 7. The van der Waals surface area contributed by atoms with E-state index in [1.807, 2.05) is 82.2 Å². The van der Waals surface area contributed by atoms with Crippen LogP contribution in [-0.4, -0.2) is 43.5 Å². The Bertz CT molecular complexity index is 1120. The molecule has 2 N–H and O–H groups in total. The average molecular weight is 481 g/mol. The molecule has 3 rings (SSSR count). The molecule has 1 aliphatic heterocycles. The number of esters is 1. The summed E-state index contributed by atoms with van der Waals surface area (Å²) in [5.74, 6) is -0.329. The highest BCUT2D eigenvalue weighted by molar-refractivity contribution is 8.14. The summed E-state index contributed by atoms with van der Waals surface area (Å²) in [6, 6.07) is 13.3. The van der Waals surface area contributed by atoms with E-state index in [0.717, 1.165) is 22.5 Å². The normalized spacial score (nSPS) is 15.4. The third-order valence-electron chi connectivity index (χ3n) is 5.57. The molecule has 180 valence electrons. The van der Waals surface area contributed by atoms with Crippen molar-refractivity contribution in [1.82, 2.24) is 5.32 Å². The molecule has 7 nitrogen and oxygen atoms in total. The van der Waals surface area contributed by atoms with Gasteiger partial charge in [0, 0.05) is 31.2 Å². The fraction of sp³-hybridized carbons (Fsp3) is 0.346. The largest absolute Gasteiger partial charge is 0.463 e. The average Bonchev–Trinajstić information content (AvgIpc) is 2.80. The molecule has 0 unspecified atom stereocenters. The molecule has 0 bridgehead atoms. The number of aryl methyl sites for hydroxylation is 2. The van der Waals surface area contributed by atoms with Gasteiger partial charge in [0.2, 0.25) is 5.91 Å². The molecule has 1 atom stereocenters. The molecule has 0 aromatic heterocycles. The highest BCUT2D eigenvalue weighted by atomic mass is 32.2. The highest BCUT2D eigenvalue weighted by Gasteiger charge is 2.30. The Balaban J connectivity index is 1.78. The van der Waals surface area contributed by atoms with Crippen molar-refractivity contribution < 1.29 is 14.3 Å². The summed E-state index contributed by atoms with van der Waals surface area (Å²) < 4.78 is 5.30. The van der Waals surface area contributed by atoms with Crippen LogP contribution in [0.25, 0.3) is 0 Å². The van der Waals surface area contributed by atoms with Crippen molar-refractivity contribution in [3.63, 3.8) is 0 Å². The van der Waals surface area contributed by atoms with E-state index in [4.69, 9.17) is 9.73 Å². The van der Waals surface area contributed by atoms with Crippen LogP contribution in [0.1, 0.15) is 36.6 Å². The maximum absolute atomic E-state index is 12.7. The van der Waals surface area contributed by atoms with E-state index >= 15 is 0 Å². The standard InChI is InChI=1S/C26H32N4O3S/c1-7-33-25(32)23-18(4)27-26(29-24(23)19-9-12-21(13-10-19)30(5)6)34-15-22(31)28-20-11-8-16(2)17(3)14-20/h8-14,24H,7,15H2,1-6H3,(H,27,29)(H,28,31)/t24-/m0/s1. The lowest BCUT2D eigenvalue weighted by Gasteiger charge is -2.26. The molecule has 1 amide bonds. The minimum Gasteiger partial charge on any atom is -0.463 e. The first-order chi connectivity index (χ1) is 16.2. The third kappa shape index (κ3) is 6.20. The topological polar surface area (TPSA) is 83.0 Å². The fourth-order valence-corrected chi connectivity index (χ4v) is 4.29. The van der Waals surface area contributed by atoms with Crippen LogP contribution in [0.5, 0.6) is 0 Å². The number of nitrogens with zero attached hydrogens (tertiary/aromatic N) is 2. The van der Waals surface area contributed by atoms with Crippen LogP contribution in [0.2, 0.25) is 0 Å². The number of anilines is 2. The maximum atomic E-state index is 12.7. The molecule has 8 heteroatoms. The Kier molecular flexibility index (Phi) is 8.39. The molecule has 2 aromatic rings. The fourth-order valence-electron chi connectivity index (χ4n) is 3.54. The second-order valence-electron chi connectivity index (χ2n) is 8.34. The molecule has 1 aliphatic rings. The van der Waals surface area contributed by atoms with Gasteiger partial charge in [0.15, 0.2) is 5.17 Å². The smallest absolute Gasteiger partial charge is 0.338 e. The van der Waals surface area contributed by atoms with Crippen LogP contribution >= 0.6 is 11.8 Å². The molecular formula is C26H32N4O3S. The Morgan fingerprint density at radius 2 is 1.79 bits per heavy atom. The quantitative estimate of drug-likeness (QED) is 0.565. The highest BCUT2D eigenvalue weighted by Crippen LogP contribution is 2.33. The molecular weight excluding hydrogens is 448 g/mol. The van der Waals surface area contributed by atoms with Crippen LogP contribution in [0.3, 0.4) is 0 Å². The van der Waals surface area contributed by atoms with E-state index in [-0.39, 0.29) is 18.3 Å². The number of carbonyl (C=O) groups is 2. The predicted octanol–water partition coefficient (Wildman–Crippen LogP) is 4.58. The van der Waals surface area contributed by atoms with Gasteiger partial charge in [-0.25, -0.2) is 9.79 Å². The van der Waals surface area contributed by atoms with Gasteiger partial charge in [-0.15, -0.1) is 0 Å². The van der Waals surface area contributed by atoms with Crippen molar-refractivity contribution in [3.05, 3.63) is 70.4 Å². The summed E-state index contributed by atoms with van der Waals surface area (Å²) in [6.07, 6.45) is 0. The zero-order valence-electron chi connectivity index (χ0n) is 20.6.